The largest absolute Gasteiger partial charge is 0.374 e. The maximum atomic E-state index is 5.77. The summed E-state index contributed by atoms with van der Waals surface area (Å²) in [7, 11) is 2.19. The highest BCUT2D eigenvalue weighted by Crippen LogP contribution is 2.11. The van der Waals surface area contributed by atoms with E-state index in [1.165, 1.54) is 32.4 Å². The fourth-order valence-corrected chi connectivity index (χ4v) is 2.41. The predicted molar refractivity (Wildman–Crippen MR) is 68.9 cm³/mol. The minimum atomic E-state index is 0.451. The van der Waals surface area contributed by atoms with Crippen LogP contribution in [-0.4, -0.2) is 62.3 Å². The maximum absolute atomic E-state index is 5.77. The molecule has 2 aliphatic rings. The van der Waals surface area contributed by atoms with Gasteiger partial charge in [0.05, 0.1) is 12.7 Å². The lowest BCUT2D eigenvalue weighted by Gasteiger charge is -2.35. The quantitative estimate of drug-likeness (QED) is 0.717. The van der Waals surface area contributed by atoms with Crippen LogP contribution in [0.3, 0.4) is 0 Å². The molecule has 2 heterocycles. The molecule has 0 bridgehead atoms. The molecule has 1 atom stereocenters. The maximum Gasteiger partial charge on any atom is 0.0829 e. The van der Waals surface area contributed by atoms with Crippen LogP contribution in [0.5, 0.6) is 0 Å². The van der Waals surface area contributed by atoms with E-state index in [0.29, 0.717) is 6.10 Å². The van der Waals surface area contributed by atoms with Gasteiger partial charge >= 0.3 is 0 Å². The number of rotatable bonds is 2. The van der Waals surface area contributed by atoms with Crippen molar-refractivity contribution < 1.29 is 4.74 Å². The van der Waals surface area contributed by atoms with Gasteiger partial charge in [-0.25, -0.2) is 0 Å². The molecule has 0 amide bonds. The number of likely N-dealkylation sites (N-methyl/N-ethyl adjacent to an activating group) is 1. The van der Waals surface area contributed by atoms with Crippen LogP contribution >= 0.6 is 0 Å². The molecule has 2 aliphatic heterocycles. The number of nitrogens with zero attached hydrogens (tertiary/aromatic N) is 2. The highest BCUT2D eigenvalue weighted by atomic mass is 16.5. The molecule has 0 radical (unpaired) electrons. The highest BCUT2D eigenvalue weighted by Gasteiger charge is 2.21. The molecule has 0 spiro atoms. The van der Waals surface area contributed by atoms with Gasteiger partial charge in [0.15, 0.2) is 0 Å². The van der Waals surface area contributed by atoms with Crippen LogP contribution < -0.4 is 0 Å². The van der Waals surface area contributed by atoms with Crippen molar-refractivity contribution in [2.75, 3.05) is 46.4 Å². The van der Waals surface area contributed by atoms with E-state index in [9.17, 15) is 0 Å². The van der Waals surface area contributed by atoms with Gasteiger partial charge in [-0.2, -0.15) is 0 Å². The van der Waals surface area contributed by atoms with Gasteiger partial charge in [0, 0.05) is 19.6 Å². The van der Waals surface area contributed by atoms with Gasteiger partial charge < -0.3 is 14.5 Å². The zero-order valence-corrected chi connectivity index (χ0v) is 11.2. The van der Waals surface area contributed by atoms with Gasteiger partial charge in [0.1, 0.15) is 0 Å². The highest BCUT2D eigenvalue weighted by molar-refractivity contribution is 4.74. The molecule has 0 aromatic heterocycles. The average Bonchev–Trinajstić information content (AvgIpc) is 2.33. The SMILES string of the molecule is CC.CN1CCOC(CN2CCCCC2)C1. The molecule has 16 heavy (non-hydrogen) atoms. The van der Waals surface area contributed by atoms with Crippen molar-refractivity contribution in [2.45, 2.75) is 39.2 Å². The van der Waals surface area contributed by atoms with E-state index in [4.69, 9.17) is 4.74 Å². The van der Waals surface area contributed by atoms with Crippen LogP contribution in [0.15, 0.2) is 0 Å². The summed E-state index contributed by atoms with van der Waals surface area (Å²) in [5.41, 5.74) is 0. The van der Waals surface area contributed by atoms with E-state index >= 15 is 0 Å². The van der Waals surface area contributed by atoms with Crippen LogP contribution in [0.1, 0.15) is 33.1 Å². The number of ether oxygens (including phenoxy) is 1. The van der Waals surface area contributed by atoms with Crippen LogP contribution in [0.4, 0.5) is 0 Å². The van der Waals surface area contributed by atoms with Crippen LogP contribution in [-0.2, 0) is 4.74 Å². The summed E-state index contributed by atoms with van der Waals surface area (Å²) in [6.07, 6.45) is 4.62. The van der Waals surface area contributed by atoms with E-state index in [-0.39, 0.29) is 0 Å². The second kappa shape index (κ2) is 8.04. The number of morpholine rings is 1. The zero-order chi connectivity index (χ0) is 11.8. The molecule has 3 nitrogen and oxygen atoms in total. The summed E-state index contributed by atoms with van der Waals surface area (Å²) in [4.78, 5) is 4.94. The fourth-order valence-electron chi connectivity index (χ4n) is 2.41. The molecule has 2 saturated heterocycles. The van der Waals surface area contributed by atoms with E-state index in [2.05, 4.69) is 16.8 Å². The van der Waals surface area contributed by atoms with E-state index in [0.717, 1.165) is 26.2 Å². The molecule has 0 N–H and O–H groups in total. The molecule has 96 valence electrons. The Labute approximate surface area is 101 Å². The third kappa shape index (κ3) is 4.81. The van der Waals surface area contributed by atoms with E-state index in [1.807, 2.05) is 13.8 Å². The lowest BCUT2D eigenvalue weighted by atomic mass is 10.1. The first-order valence-electron chi connectivity index (χ1n) is 6.87. The van der Waals surface area contributed by atoms with Gasteiger partial charge in [0.25, 0.3) is 0 Å². The number of likely N-dealkylation sites (tertiary alicyclic amines) is 1. The Balaban J connectivity index is 0.000000606. The van der Waals surface area contributed by atoms with Crippen molar-refractivity contribution in [3.05, 3.63) is 0 Å². The molecule has 2 rings (SSSR count). The molecule has 2 fully saturated rings. The average molecular weight is 228 g/mol. The second-order valence-electron chi connectivity index (χ2n) is 4.62. The minimum Gasteiger partial charge on any atom is -0.374 e. The Kier molecular flexibility index (Phi) is 7.01. The van der Waals surface area contributed by atoms with Gasteiger partial charge in [0.2, 0.25) is 0 Å². The summed E-state index contributed by atoms with van der Waals surface area (Å²) in [6, 6.07) is 0. The van der Waals surface area contributed by atoms with E-state index < -0.39 is 0 Å². The molecule has 0 saturated carbocycles. The molecule has 0 aromatic carbocycles. The second-order valence-corrected chi connectivity index (χ2v) is 4.62. The van der Waals surface area contributed by atoms with Gasteiger partial charge in [-0.3, -0.25) is 0 Å². The van der Waals surface area contributed by atoms with Crippen molar-refractivity contribution in [3.63, 3.8) is 0 Å². The molecule has 0 aliphatic carbocycles. The fraction of sp³-hybridized carbons (Fsp3) is 1.00. The zero-order valence-electron chi connectivity index (χ0n) is 11.2. The first-order chi connectivity index (χ1) is 7.84. The van der Waals surface area contributed by atoms with Gasteiger partial charge in [-0.1, -0.05) is 20.3 Å². The molecule has 0 aromatic rings. The lowest BCUT2D eigenvalue weighted by Crippen LogP contribution is -2.47. The smallest absolute Gasteiger partial charge is 0.0829 e. The summed E-state index contributed by atoms with van der Waals surface area (Å²) in [5, 5.41) is 0. The number of hydrogen-bond acceptors (Lipinski definition) is 3. The third-order valence-electron chi connectivity index (χ3n) is 3.25. The lowest BCUT2D eigenvalue weighted by molar-refractivity contribution is -0.0376. The van der Waals surface area contributed by atoms with Gasteiger partial charge in [-0.05, 0) is 33.0 Å². The third-order valence-corrected chi connectivity index (χ3v) is 3.25. The van der Waals surface area contributed by atoms with Crippen LogP contribution in [0.2, 0.25) is 0 Å². The van der Waals surface area contributed by atoms with Crippen LogP contribution in [0, 0.1) is 0 Å². The van der Waals surface area contributed by atoms with Gasteiger partial charge in [-0.15, -0.1) is 0 Å². The number of hydrogen-bond donors (Lipinski definition) is 0. The summed E-state index contributed by atoms with van der Waals surface area (Å²) < 4.78 is 5.77. The summed E-state index contributed by atoms with van der Waals surface area (Å²) in [5.74, 6) is 0. The van der Waals surface area contributed by atoms with Crippen molar-refractivity contribution in [1.82, 2.24) is 9.80 Å². The predicted octanol–water partition coefficient (Wildman–Crippen LogP) is 1.83. The Bertz CT molecular complexity index is 169. The topological polar surface area (TPSA) is 15.7 Å². The minimum absolute atomic E-state index is 0.451. The molecular weight excluding hydrogens is 200 g/mol. The summed E-state index contributed by atoms with van der Waals surface area (Å²) in [6.45, 7) is 10.8. The van der Waals surface area contributed by atoms with Crippen LogP contribution in [0.25, 0.3) is 0 Å². The van der Waals surface area contributed by atoms with Crippen molar-refractivity contribution in [3.8, 4) is 0 Å². The standard InChI is InChI=1S/C11H22N2O.C2H6/c1-12-7-8-14-11(9-12)10-13-5-3-2-4-6-13;1-2/h11H,2-10H2,1H3;1-2H3. The van der Waals surface area contributed by atoms with E-state index in [1.54, 1.807) is 0 Å². The van der Waals surface area contributed by atoms with Crippen molar-refractivity contribution in [1.29, 1.82) is 0 Å². The van der Waals surface area contributed by atoms with Crippen molar-refractivity contribution in [2.24, 2.45) is 0 Å². The molecular formula is C13H28N2O. The summed E-state index contributed by atoms with van der Waals surface area (Å²) >= 11 is 0. The molecule has 1 unspecified atom stereocenters. The first kappa shape index (κ1) is 13.9. The Hall–Kier alpha value is -0.120. The monoisotopic (exact) mass is 228 g/mol. The molecule has 3 heteroatoms. The first-order valence-corrected chi connectivity index (χ1v) is 6.87. The normalized spacial score (nSPS) is 28.3. The Morgan fingerprint density at radius 2 is 1.75 bits per heavy atom. The Morgan fingerprint density at radius 1 is 1.06 bits per heavy atom. The number of piperidine rings is 1. The van der Waals surface area contributed by atoms with Crippen molar-refractivity contribution >= 4 is 0 Å². The Morgan fingerprint density at radius 3 is 2.38 bits per heavy atom.